The van der Waals surface area contributed by atoms with Crippen molar-refractivity contribution in [3.8, 4) is 0 Å². The number of hydrogen-bond acceptors (Lipinski definition) is 8. The average molecular weight is 482 g/mol. The van der Waals surface area contributed by atoms with Gasteiger partial charge in [-0.05, 0) is 18.6 Å². The average Bonchev–Trinajstić information content (AvgIpc) is 3.54. The molecule has 0 saturated carbocycles. The number of imidazole rings is 1. The first kappa shape index (κ1) is 22.5. The Kier molecular flexibility index (Phi) is 6.59. The van der Waals surface area contributed by atoms with Crippen LogP contribution in [0.25, 0.3) is 17.2 Å². The molecule has 3 aromatic rings. The number of urea groups is 1. The Morgan fingerprint density at radius 2 is 1.97 bits per heavy atom. The van der Waals surface area contributed by atoms with Crippen LogP contribution in [0.5, 0.6) is 0 Å². The predicted octanol–water partition coefficient (Wildman–Crippen LogP) is 2.98. The van der Waals surface area contributed by atoms with Crippen molar-refractivity contribution < 1.29 is 23.6 Å². The number of carbonyl (C=O) groups excluding carboxylic acids is 1. The lowest BCUT2D eigenvalue weighted by atomic mass is 10.1. The molecule has 4 heterocycles. The Bertz CT molecular complexity index is 1200. The topological polar surface area (TPSA) is 129 Å². The normalized spacial score (nSPS) is 26.3. The van der Waals surface area contributed by atoms with E-state index in [4.69, 9.17) is 14.2 Å². The molecule has 2 amide bonds. The minimum absolute atomic E-state index is 0.0456. The van der Waals surface area contributed by atoms with Crippen LogP contribution in [0, 0.1) is 0 Å². The number of benzene rings is 1. The third kappa shape index (κ3) is 4.43. The van der Waals surface area contributed by atoms with Crippen LogP contribution in [0.3, 0.4) is 0 Å². The Morgan fingerprint density at radius 3 is 2.76 bits per heavy atom. The zero-order valence-corrected chi connectivity index (χ0v) is 19.2. The van der Waals surface area contributed by atoms with Crippen LogP contribution in [-0.4, -0.2) is 62.9 Å². The highest BCUT2D eigenvalue weighted by molar-refractivity contribution is 7.23. The lowest BCUT2D eigenvalue weighted by molar-refractivity contribution is -0.120. The molecular weight excluding hydrogens is 459 g/mol. The molecule has 0 radical (unpaired) electrons. The molecule has 5 atom stereocenters. The summed E-state index contributed by atoms with van der Waals surface area (Å²) < 4.78 is 31.6. The summed E-state index contributed by atoms with van der Waals surface area (Å²) in [7, 11) is -0.0456. The quantitative estimate of drug-likeness (QED) is 0.492. The summed E-state index contributed by atoms with van der Waals surface area (Å²) in [4.78, 5) is 24.8. The van der Waals surface area contributed by atoms with Crippen molar-refractivity contribution in [3.63, 3.8) is 0 Å². The van der Waals surface area contributed by atoms with Gasteiger partial charge in [-0.1, -0.05) is 36.4 Å². The van der Waals surface area contributed by atoms with Crippen molar-refractivity contribution in [1.29, 1.82) is 0 Å². The molecule has 2 fully saturated rings. The smallest absolute Gasteiger partial charge is 0.320 e. The van der Waals surface area contributed by atoms with E-state index in [2.05, 4.69) is 25.6 Å². The highest BCUT2D eigenvalue weighted by Gasteiger charge is 2.53. The predicted molar refractivity (Wildman–Crippen MR) is 123 cm³/mol. The second kappa shape index (κ2) is 9.94. The zero-order chi connectivity index (χ0) is 23.5. The number of aromatic nitrogens is 4. The molecule has 1 aromatic carbocycles. The maximum absolute atomic E-state index is 12.0. The molecule has 12 heteroatoms. The van der Waals surface area contributed by atoms with Gasteiger partial charge >= 0.3 is 6.03 Å². The van der Waals surface area contributed by atoms with E-state index in [1.165, 1.54) is 6.33 Å². The van der Waals surface area contributed by atoms with Crippen LogP contribution >= 0.6 is 8.46 Å². The van der Waals surface area contributed by atoms with E-state index in [1.807, 2.05) is 49.4 Å². The van der Waals surface area contributed by atoms with Crippen molar-refractivity contribution in [3.05, 3.63) is 54.6 Å². The molecule has 176 valence electrons. The Hall–Kier alpha value is -3.24. The number of fused-ring (bicyclic) bond motifs is 2. The molecular formula is C22H23N6O5P. The van der Waals surface area contributed by atoms with E-state index in [-0.39, 0.29) is 26.5 Å². The van der Waals surface area contributed by atoms with E-state index in [1.54, 1.807) is 10.9 Å². The molecule has 2 N–H and O–H groups in total. The molecule has 34 heavy (non-hydrogen) atoms. The van der Waals surface area contributed by atoms with Crippen molar-refractivity contribution in [1.82, 2.24) is 24.8 Å². The summed E-state index contributed by atoms with van der Waals surface area (Å²) in [5.74, 6) is 0.283. The Balaban J connectivity index is 1.40. The summed E-state index contributed by atoms with van der Waals surface area (Å²) in [5, 5.41) is 5.34. The van der Waals surface area contributed by atoms with Crippen LogP contribution in [0.1, 0.15) is 18.7 Å². The Labute approximate surface area is 196 Å². The van der Waals surface area contributed by atoms with E-state index >= 15 is 0 Å². The molecule has 1 unspecified atom stereocenters. The van der Waals surface area contributed by atoms with Gasteiger partial charge in [0.1, 0.15) is 18.5 Å². The van der Waals surface area contributed by atoms with Gasteiger partial charge in [-0.25, -0.2) is 19.7 Å². The summed E-state index contributed by atoms with van der Waals surface area (Å²) in [6.45, 7) is 2.30. The minimum atomic E-state index is -0.607. The number of anilines is 1. The molecule has 2 aliphatic rings. The van der Waals surface area contributed by atoms with Gasteiger partial charge in [-0.3, -0.25) is 14.4 Å². The second-order valence-corrected chi connectivity index (χ2v) is 8.37. The fraction of sp³-hybridized carbons (Fsp3) is 0.364. The lowest BCUT2D eigenvalue weighted by Gasteiger charge is -2.19. The van der Waals surface area contributed by atoms with E-state index < -0.39 is 30.8 Å². The fourth-order valence-corrected chi connectivity index (χ4v) is 4.53. The largest absolute Gasteiger partial charge is 0.348 e. The number of rotatable bonds is 7. The monoisotopic (exact) mass is 482 g/mol. The number of ether oxygens (including phenoxy) is 3. The fourth-order valence-electron chi connectivity index (χ4n) is 4.09. The van der Waals surface area contributed by atoms with Gasteiger partial charge in [0.05, 0.1) is 18.6 Å². The molecule has 11 nitrogen and oxygen atoms in total. The van der Waals surface area contributed by atoms with Crippen LogP contribution in [-0.2, 0) is 18.8 Å². The van der Waals surface area contributed by atoms with Gasteiger partial charge in [0.2, 0.25) is 0 Å². The number of hydrogen-bond donors (Lipinski definition) is 2. The Morgan fingerprint density at radius 1 is 1.15 bits per heavy atom. The van der Waals surface area contributed by atoms with E-state index in [0.717, 1.165) is 5.56 Å². The van der Waals surface area contributed by atoms with Crippen LogP contribution in [0.15, 0.2) is 49.1 Å². The maximum atomic E-state index is 12.0. The van der Waals surface area contributed by atoms with E-state index in [0.29, 0.717) is 17.7 Å². The summed E-state index contributed by atoms with van der Waals surface area (Å²) in [6.07, 6.45) is 4.46. The van der Waals surface area contributed by atoms with Gasteiger partial charge < -0.3 is 19.5 Å². The van der Waals surface area contributed by atoms with Crippen molar-refractivity contribution >= 4 is 37.5 Å². The highest BCUT2D eigenvalue weighted by atomic mass is 31.1. The van der Waals surface area contributed by atoms with Crippen molar-refractivity contribution in [2.45, 2.75) is 37.8 Å². The number of amides is 2. The van der Waals surface area contributed by atoms with Crippen LogP contribution in [0.2, 0.25) is 0 Å². The molecule has 2 aromatic heterocycles. The van der Waals surface area contributed by atoms with Crippen LogP contribution in [0.4, 0.5) is 10.6 Å². The summed E-state index contributed by atoms with van der Waals surface area (Å²) in [6, 6.07) is 9.46. The van der Waals surface area contributed by atoms with Gasteiger partial charge in [0.25, 0.3) is 0 Å². The van der Waals surface area contributed by atoms with Crippen molar-refractivity contribution in [2.75, 3.05) is 18.0 Å². The molecule has 0 bridgehead atoms. The first-order valence-corrected chi connectivity index (χ1v) is 11.9. The van der Waals surface area contributed by atoms with E-state index in [9.17, 15) is 9.36 Å². The van der Waals surface area contributed by atoms with Crippen molar-refractivity contribution in [2.24, 2.45) is 0 Å². The van der Waals surface area contributed by atoms with Gasteiger partial charge in [0.15, 0.2) is 38.0 Å². The SMILES string of the molecule is CCNC(=O)Nc1ncnc2c1ncn2[C@@H]1O[C@H](CP=O)[C@H]2OC(/C=C/c3ccccc3)O[C@H]21. The van der Waals surface area contributed by atoms with Gasteiger partial charge in [-0.15, -0.1) is 0 Å². The second-order valence-electron chi connectivity index (χ2n) is 7.75. The first-order valence-electron chi connectivity index (χ1n) is 10.9. The third-order valence-corrected chi connectivity index (χ3v) is 6.08. The number of nitrogens with zero attached hydrogens (tertiary/aromatic N) is 4. The number of carbonyl (C=O) groups is 1. The summed E-state index contributed by atoms with van der Waals surface area (Å²) in [5.41, 5.74) is 1.91. The molecule has 0 aliphatic carbocycles. The molecule has 2 aliphatic heterocycles. The standard InChI is InChI=1S/C22H23N6O5P/c1-2-23-22(29)27-19-16-20(25-11-24-19)28(12-26-16)21-18-17(14(31-21)10-34-30)32-15(33-18)9-8-13-6-4-3-5-7-13/h3-9,11-12,14-15,17-18,21H,2,10H2,1H3,(H2,23,24,25,27,29)/b9-8+/t14-,15?,17-,18-,21-/m1/s1. The first-order chi connectivity index (χ1) is 16.7. The highest BCUT2D eigenvalue weighted by Crippen LogP contribution is 2.41. The minimum Gasteiger partial charge on any atom is -0.348 e. The summed E-state index contributed by atoms with van der Waals surface area (Å²) >= 11 is 0. The molecule has 2 saturated heterocycles. The van der Waals surface area contributed by atoms with Gasteiger partial charge in [0, 0.05) is 6.54 Å². The maximum Gasteiger partial charge on any atom is 0.320 e. The van der Waals surface area contributed by atoms with Gasteiger partial charge in [-0.2, -0.15) is 0 Å². The third-order valence-electron chi connectivity index (χ3n) is 5.57. The zero-order valence-electron chi connectivity index (χ0n) is 18.3. The van der Waals surface area contributed by atoms with Crippen LogP contribution < -0.4 is 10.6 Å². The molecule has 0 spiro atoms. The lowest BCUT2D eigenvalue weighted by Crippen LogP contribution is -2.29. The number of nitrogens with one attached hydrogen (secondary N) is 2. The molecule has 5 rings (SSSR count).